The molecule has 1 aromatic carbocycles. The van der Waals surface area contributed by atoms with Crippen molar-refractivity contribution in [2.45, 2.75) is 88.3 Å². The first-order valence-corrected chi connectivity index (χ1v) is 12.8. The summed E-state index contributed by atoms with van der Waals surface area (Å²) in [5.74, 6) is 3.47. The number of benzene rings is 1. The lowest BCUT2D eigenvalue weighted by molar-refractivity contribution is -0.131. The fraction of sp³-hybridized carbons (Fsp3) is 0.704. The second-order valence-corrected chi connectivity index (χ2v) is 11.5. The summed E-state index contributed by atoms with van der Waals surface area (Å²) < 4.78 is 5.50. The number of likely N-dealkylation sites (tertiary alicyclic amines) is 1. The van der Waals surface area contributed by atoms with E-state index in [2.05, 4.69) is 5.32 Å². The maximum atomic E-state index is 13.8. The quantitative estimate of drug-likeness (QED) is 0.753. The normalized spacial score (nSPS) is 39.6. The Kier molecular flexibility index (Phi) is 5.00. The van der Waals surface area contributed by atoms with Crippen LogP contribution in [-0.4, -0.2) is 41.4 Å². The number of ether oxygens (including phenoxy) is 1. The Morgan fingerprint density at radius 2 is 1.62 bits per heavy atom. The summed E-state index contributed by atoms with van der Waals surface area (Å²) in [6, 6.07) is 7.27. The van der Waals surface area contributed by atoms with Gasteiger partial charge in [-0.2, -0.15) is 0 Å². The molecule has 7 rings (SSSR count). The van der Waals surface area contributed by atoms with Crippen molar-refractivity contribution in [1.82, 2.24) is 10.2 Å². The van der Waals surface area contributed by atoms with Crippen molar-refractivity contribution in [1.29, 1.82) is 0 Å². The van der Waals surface area contributed by atoms with Gasteiger partial charge in [-0.15, -0.1) is 0 Å². The van der Waals surface area contributed by atoms with E-state index in [9.17, 15) is 9.59 Å². The standard InChI is InChI=1S/C27H36N2O3/c1-32-24-9-5-3-7-21(24)26(31)29-22-8-4-2-6-20(22)13-23(29)25(30)28-27-14-17-10-18(15-27)12-19(11-17)16-27/h3,5,7,9,17-20,22-23H,2,4,6,8,10-16H2,1H3,(H,28,30). The van der Waals surface area contributed by atoms with Crippen LogP contribution >= 0.6 is 0 Å². The van der Waals surface area contributed by atoms with Gasteiger partial charge in [0.1, 0.15) is 11.8 Å². The summed E-state index contributed by atoms with van der Waals surface area (Å²) in [5.41, 5.74) is 0.562. The van der Waals surface area contributed by atoms with Crippen molar-refractivity contribution in [3.63, 3.8) is 0 Å². The van der Waals surface area contributed by atoms with E-state index in [1.54, 1.807) is 7.11 Å². The van der Waals surface area contributed by atoms with Gasteiger partial charge in [0.15, 0.2) is 0 Å². The second kappa shape index (κ2) is 7.78. The molecule has 2 amide bonds. The first-order valence-electron chi connectivity index (χ1n) is 12.8. The SMILES string of the molecule is COc1ccccc1C(=O)N1C(C(=O)NC23CC4CC(CC(C4)C2)C3)CC2CCCCC21. The van der Waals surface area contributed by atoms with Gasteiger partial charge >= 0.3 is 0 Å². The largest absolute Gasteiger partial charge is 0.496 e. The van der Waals surface area contributed by atoms with Crippen LogP contribution in [0.3, 0.4) is 0 Å². The van der Waals surface area contributed by atoms with Crippen LogP contribution in [0.1, 0.15) is 81.0 Å². The van der Waals surface area contributed by atoms with Gasteiger partial charge < -0.3 is 15.0 Å². The van der Waals surface area contributed by atoms with Gasteiger partial charge in [0, 0.05) is 11.6 Å². The average Bonchev–Trinajstić information content (AvgIpc) is 3.17. The van der Waals surface area contributed by atoms with Gasteiger partial charge in [-0.25, -0.2) is 0 Å². The summed E-state index contributed by atoms with van der Waals surface area (Å²) >= 11 is 0. The molecule has 0 aromatic heterocycles. The second-order valence-electron chi connectivity index (χ2n) is 11.5. The number of amides is 2. The number of hydrogen-bond donors (Lipinski definition) is 1. The topological polar surface area (TPSA) is 58.6 Å². The number of nitrogens with zero attached hydrogens (tertiary/aromatic N) is 1. The third-order valence-electron chi connectivity index (χ3n) is 9.39. The van der Waals surface area contributed by atoms with Crippen LogP contribution in [0.5, 0.6) is 5.75 Å². The lowest BCUT2D eigenvalue weighted by atomic mass is 9.53. The highest BCUT2D eigenvalue weighted by molar-refractivity contribution is 6.00. The fourth-order valence-corrected chi connectivity index (χ4v) is 8.56. The predicted molar refractivity (Wildman–Crippen MR) is 122 cm³/mol. The Morgan fingerprint density at radius 1 is 0.969 bits per heavy atom. The summed E-state index contributed by atoms with van der Waals surface area (Å²) in [5, 5.41) is 3.58. The van der Waals surface area contributed by atoms with Gasteiger partial charge in [0.05, 0.1) is 12.7 Å². The molecular formula is C27H36N2O3. The average molecular weight is 437 g/mol. The van der Waals surface area contributed by atoms with E-state index in [1.165, 1.54) is 25.7 Å². The smallest absolute Gasteiger partial charge is 0.258 e. The first-order chi connectivity index (χ1) is 15.5. The first kappa shape index (κ1) is 20.6. The molecule has 1 N–H and O–H groups in total. The molecule has 5 saturated carbocycles. The van der Waals surface area contributed by atoms with Crippen LogP contribution in [0.2, 0.25) is 0 Å². The van der Waals surface area contributed by atoms with Crippen molar-refractivity contribution in [2.24, 2.45) is 23.7 Å². The van der Waals surface area contributed by atoms with Crippen LogP contribution in [0, 0.1) is 23.7 Å². The molecule has 172 valence electrons. The minimum atomic E-state index is -0.353. The molecule has 6 aliphatic rings. The molecule has 32 heavy (non-hydrogen) atoms. The van der Waals surface area contributed by atoms with Gasteiger partial charge in [-0.1, -0.05) is 25.0 Å². The summed E-state index contributed by atoms with van der Waals surface area (Å²) in [7, 11) is 1.61. The lowest BCUT2D eigenvalue weighted by Gasteiger charge is -2.57. The number of carbonyl (C=O) groups excluding carboxylic acids is 2. The molecule has 4 bridgehead atoms. The van der Waals surface area contributed by atoms with Crippen molar-refractivity contribution in [2.75, 3.05) is 7.11 Å². The third-order valence-corrected chi connectivity index (χ3v) is 9.39. The number of nitrogens with one attached hydrogen (secondary N) is 1. The Labute approximate surface area is 191 Å². The summed E-state index contributed by atoms with van der Waals surface area (Å²) in [6.45, 7) is 0. The highest BCUT2D eigenvalue weighted by Crippen LogP contribution is 2.55. The molecule has 3 unspecified atom stereocenters. The van der Waals surface area contributed by atoms with E-state index in [-0.39, 0.29) is 29.4 Å². The maximum Gasteiger partial charge on any atom is 0.258 e. The zero-order valence-electron chi connectivity index (χ0n) is 19.2. The summed E-state index contributed by atoms with van der Waals surface area (Å²) in [6.07, 6.45) is 12.8. The van der Waals surface area contributed by atoms with E-state index in [4.69, 9.17) is 4.74 Å². The molecule has 0 radical (unpaired) electrons. The fourth-order valence-electron chi connectivity index (χ4n) is 8.56. The molecule has 3 atom stereocenters. The van der Waals surface area contributed by atoms with E-state index in [0.29, 0.717) is 17.2 Å². The monoisotopic (exact) mass is 436 g/mol. The van der Waals surface area contributed by atoms with Crippen molar-refractivity contribution in [3.05, 3.63) is 29.8 Å². The Balaban J connectivity index is 1.28. The summed E-state index contributed by atoms with van der Waals surface area (Å²) in [4.78, 5) is 29.6. The molecule has 5 aliphatic carbocycles. The molecular weight excluding hydrogens is 400 g/mol. The van der Waals surface area contributed by atoms with E-state index < -0.39 is 0 Å². The number of fused-ring (bicyclic) bond motifs is 1. The van der Waals surface area contributed by atoms with Gasteiger partial charge in [0.2, 0.25) is 5.91 Å². The molecule has 5 nitrogen and oxygen atoms in total. The van der Waals surface area contributed by atoms with Crippen LogP contribution in [0.15, 0.2) is 24.3 Å². The van der Waals surface area contributed by atoms with Gasteiger partial charge in [-0.3, -0.25) is 9.59 Å². The van der Waals surface area contributed by atoms with Crippen molar-refractivity contribution >= 4 is 11.8 Å². The molecule has 1 saturated heterocycles. The van der Waals surface area contributed by atoms with Crippen LogP contribution < -0.4 is 10.1 Å². The van der Waals surface area contributed by atoms with E-state index in [1.807, 2.05) is 29.2 Å². The Morgan fingerprint density at radius 3 is 2.31 bits per heavy atom. The zero-order valence-corrected chi connectivity index (χ0v) is 19.2. The number of para-hydroxylation sites is 1. The van der Waals surface area contributed by atoms with E-state index >= 15 is 0 Å². The van der Waals surface area contributed by atoms with Crippen molar-refractivity contribution < 1.29 is 14.3 Å². The lowest BCUT2D eigenvalue weighted by Crippen LogP contribution is -2.62. The maximum absolute atomic E-state index is 13.8. The molecule has 1 aromatic rings. The third kappa shape index (κ3) is 3.34. The van der Waals surface area contributed by atoms with Gasteiger partial charge in [0.25, 0.3) is 5.91 Å². The Bertz CT molecular complexity index is 877. The molecule has 1 aliphatic heterocycles. The number of methoxy groups -OCH3 is 1. The van der Waals surface area contributed by atoms with Crippen LogP contribution in [-0.2, 0) is 4.79 Å². The molecule has 6 fully saturated rings. The predicted octanol–water partition coefficient (Wildman–Crippen LogP) is 4.55. The van der Waals surface area contributed by atoms with Gasteiger partial charge in [-0.05, 0) is 93.6 Å². The van der Waals surface area contributed by atoms with E-state index in [0.717, 1.165) is 62.7 Å². The molecule has 0 spiro atoms. The van der Waals surface area contributed by atoms with Crippen LogP contribution in [0.25, 0.3) is 0 Å². The highest BCUT2D eigenvalue weighted by atomic mass is 16.5. The zero-order chi connectivity index (χ0) is 21.9. The minimum Gasteiger partial charge on any atom is -0.496 e. The van der Waals surface area contributed by atoms with Crippen LogP contribution in [0.4, 0.5) is 0 Å². The number of hydrogen-bond acceptors (Lipinski definition) is 3. The van der Waals surface area contributed by atoms with Crippen molar-refractivity contribution in [3.8, 4) is 5.75 Å². The highest BCUT2D eigenvalue weighted by Gasteiger charge is 2.54. The number of carbonyl (C=O) groups is 2. The molecule has 1 heterocycles. The molecule has 5 heteroatoms. The Hall–Kier alpha value is -2.04. The number of rotatable bonds is 4. The minimum absolute atomic E-state index is 0.0151.